The summed E-state index contributed by atoms with van der Waals surface area (Å²) in [5.74, 6) is -1.21. The second-order valence-corrected chi connectivity index (χ2v) is 9.83. The molecule has 34 heavy (non-hydrogen) atoms. The van der Waals surface area contributed by atoms with Gasteiger partial charge in [0.1, 0.15) is 6.04 Å². The van der Waals surface area contributed by atoms with Crippen molar-refractivity contribution < 1.29 is 23.9 Å². The summed E-state index contributed by atoms with van der Waals surface area (Å²) in [7, 11) is 0. The van der Waals surface area contributed by atoms with Crippen LogP contribution in [0.3, 0.4) is 0 Å². The van der Waals surface area contributed by atoms with Gasteiger partial charge in [-0.25, -0.2) is 0 Å². The second-order valence-electron chi connectivity index (χ2n) is 9.83. The van der Waals surface area contributed by atoms with Crippen LogP contribution in [0.5, 0.6) is 0 Å². The zero-order valence-electron chi connectivity index (χ0n) is 19.4. The van der Waals surface area contributed by atoms with Crippen LogP contribution in [-0.2, 0) is 20.9 Å². The van der Waals surface area contributed by atoms with Gasteiger partial charge in [-0.15, -0.1) is 0 Å². The number of nitrogens with zero attached hydrogens (tertiary/aromatic N) is 2. The number of ether oxygens (including phenoxy) is 1. The Morgan fingerprint density at radius 3 is 2.38 bits per heavy atom. The zero-order chi connectivity index (χ0) is 23.7. The average molecular weight is 469 g/mol. The maximum atomic E-state index is 13.0. The van der Waals surface area contributed by atoms with E-state index in [-0.39, 0.29) is 18.7 Å². The minimum Gasteiger partial charge on any atom is -0.378 e. The number of fused-ring (bicyclic) bond motifs is 1. The summed E-state index contributed by atoms with van der Waals surface area (Å²) < 4.78 is 6.20. The number of benzene rings is 1. The third-order valence-corrected chi connectivity index (χ3v) is 7.47. The summed E-state index contributed by atoms with van der Waals surface area (Å²) in [4.78, 5) is 52.9. The molecular formula is C25H32N4O5. The molecule has 1 atom stereocenters. The molecule has 0 aromatic heterocycles. The molecule has 2 N–H and O–H groups in total. The van der Waals surface area contributed by atoms with Gasteiger partial charge in [-0.1, -0.05) is 6.07 Å². The lowest BCUT2D eigenvalue weighted by atomic mass is 9.99. The van der Waals surface area contributed by atoms with Crippen molar-refractivity contribution in [2.75, 3.05) is 32.8 Å². The molecule has 0 radical (unpaired) electrons. The minimum absolute atomic E-state index is 0.118. The van der Waals surface area contributed by atoms with Crippen LogP contribution in [0, 0.1) is 5.92 Å². The lowest BCUT2D eigenvalue weighted by Crippen LogP contribution is -2.54. The van der Waals surface area contributed by atoms with E-state index in [1.807, 2.05) is 6.07 Å². The Balaban J connectivity index is 1.16. The number of nitrogens with one attached hydrogen (secondary N) is 2. The number of amides is 4. The van der Waals surface area contributed by atoms with E-state index in [0.717, 1.165) is 56.1 Å². The van der Waals surface area contributed by atoms with Gasteiger partial charge in [0.15, 0.2) is 0 Å². The number of hydrogen-bond acceptors (Lipinski definition) is 7. The fraction of sp³-hybridized carbons (Fsp3) is 0.600. The fourth-order valence-electron chi connectivity index (χ4n) is 5.43. The van der Waals surface area contributed by atoms with Crippen molar-refractivity contribution in [1.29, 1.82) is 0 Å². The molecule has 1 unspecified atom stereocenters. The third-order valence-electron chi connectivity index (χ3n) is 7.47. The molecular weight excluding hydrogens is 436 g/mol. The first-order valence-electron chi connectivity index (χ1n) is 12.4. The van der Waals surface area contributed by atoms with Crippen molar-refractivity contribution in [2.24, 2.45) is 5.92 Å². The predicted molar refractivity (Wildman–Crippen MR) is 123 cm³/mol. The number of rotatable bonds is 6. The van der Waals surface area contributed by atoms with E-state index in [0.29, 0.717) is 29.7 Å². The monoisotopic (exact) mass is 468 g/mol. The molecule has 0 spiro atoms. The number of piperidine rings is 3. The molecule has 4 aliphatic rings. The second kappa shape index (κ2) is 9.93. The van der Waals surface area contributed by atoms with E-state index in [1.165, 1.54) is 12.8 Å². The largest absolute Gasteiger partial charge is 0.378 e. The van der Waals surface area contributed by atoms with E-state index >= 15 is 0 Å². The Hall–Kier alpha value is -2.62. The van der Waals surface area contributed by atoms with Crippen LogP contribution in [-0.4, -0.2) is 78.4 Å². The highest BCUT2D eigenvalue weighted by Crippen LogP contribution is 2.29. The van der Waals surface area contributed by atoms with Crippen LogP contribution >= 0.6 is 0 Å². The zero-order valence-corrected chi connectivity index (χ0v) is 19.4. The smallest absolute Gasteiger partial charge is 0.262 e. The number of carbonyl (C=O) groups is 4. The SMILES string of the molecule is O=C1CCC(N2C(=O)c3ccc(CN4CCC(OCC5CCNCC5)CC4)cc3C2=O)C(=O)N1. The average Bonchev–Trinajstić information content (AvgIpc) is 3.09. The number of hydrogen-bond donors (Lipinski definition) is 2. The van der Waals surface area contributed by atoms with E-state index in [9.17, 15) is 19.2 Å². The highest BCUT2D eigenvalue weighted by molar-refractivity contribution is 6.23. The van der Waals surface area contributed by atoms with Gasteiger partial charge in [0.05, 0.1) is 17.2 Å². The first-order chi connectivity index (χ1) is 16.5. The molecule has 9 nitrogen and oxygen atoms in total. The van der Waals surface area contributed by atoms with Crippen molar-refractivity contribution in [3.63, 3.8) is 0 Å². The Morgan fingerprint density at radius 2 is 1.65 bits per heavy atom. The molecule has 0 aliphatic carbocycles. The van der Waals surface area contributed by atoms with Crippen molar-refractivity contribution in [2.45, 2.75) is 57.2 Å². The van der Waals surface area contributed by atoms with Gasteiger partial charge >= 0.3 is 0 Å². The van der Waals surface area contributed by atoms with Gasteiger partial charge in [-0.05, 0) is 68.8 Å². The maximum absolute atomic E-state index is 13.0. The summed E-state index contributed by atoms with van der Waals surface area (Å²) in [6, 6.07) is 4.42. The standard InChI is InChI=1S/C25H32N4O5/c30-22-4-3-21(23(31)27-22)29-24(32)19-2-1-17(13-20(19)25(29)33)14-28-11-7-18(8-12-28)34-15-16-5-9-26-10-6-16/h1-2,13,16,18,21,26H,3-12,14-15H2,(H,27,30,31). The van der Waals surface area contributed by atoms with Gasteiger partial charge in [-0.3, -0.25) is 34.3 Å². The van der Waals surface area contributed by atoms with E-state index < -0.39 is 23.8 Å². The Bertz CT molecular complexity index is 982. The normalized spacial score (nSPS) is 25.1. The highest BCUT2D eigenvalue weighted by atomic mass is 16.5. The molecule has 4 aliphatic heterocycles. The van der Waals surface area contributed by atoms with Crippen LogP contribution in [0.4, 0.5) is 0 Å². The Morgan fingerprint density at radius 1 is 0.912 bits per heavy atom. The summed E-state index contributed by atoms with van der Waals surface area (Å²) in [5.41, 5.74) is 1.63. The quantitative estimate of drug-likeness (QED) is 0.601. The van der Waals surface area contributed by atoms with Crippen molar-refractivity contribution in [1.82, 2.24) is 20.4 Å². The first kappa shape index (κ1) is 23.1. The van der Waals surface area contributed by atoms with Crippen LogP contribution in [0.15, 0.2) is 18.2 Å². The molecule has 5 rings (SSSR count). The van der Waals surface area contributed by atoms with E-state index in [4.69, 9.17) is 4.74 Å². The lowest BCUT2D eigenvalue weighted by molar-refractivity contribution is -0.136. The van der Waals surface area contributed by atoms with Crippen LogP contribution in [0.1, 0.15) is 64.8 Å². The number of imide groups is 2. The maximum Gasteiger partial charge on any atom is 0.262 e. The third kappa shape index (κ3) is 4.78. The molecule has 1 aromatic rings. The molecule has 182 valence electrons. The van der Waals surface area contributed by atoms with Gasteiger partial charge in [0.2, 0.25) is 11.8 Å². The Kier molecular flexibility index (Phi) is 6.76. The van der Waals surface area contributed by atoms with E-state index in [2.05, 4.69) is 15.5 Å². The van der Waals surface area contributed by atoms with Crippen LogP contribution < -0.4 is 10.6 Å². The van der Waals surface area contributed by atoms with Crippen LogP contribution in [0.25, 0.3) is 0 Å². The minimum atomic E-state index is -0.933. The van der Waals surface area contributed by atoms with Crippen molar-refractivity contribution >= 4 is 23.6 Å². The first-order valence-corrected chi connectivity index (χ1v) is 12.4. The molecule has 4 amide bonds. The van der Waals surface area contributed by atoms with Crippen molar-refractivity contribution in [3.05, 3.63) is 34.9 Å². The molecule has 3 fully saturated rings. The molecule has 1 aromatic carbocycles. The van der Waals surface area contributed by atoms with Gasteiger partial charge in [0.25, 0.3) is 11.8 Å². The van der Waals surface area contributed by atoms with Gasteiger partial charge in [-0.2, -0.15) is 0 Å². The Labute approximate surface area is 199 Å². The van der Waals surface area contributed by atoms with Crippen molar-refractivity contribution in [3.8, 4) is 0 Å². The lowest BCUT2D eigenvalue weighted by Gasteiger charge is -2.33. The molecule has 0 bridgehead atoms. The molecule has 3 saturated heterocycles. The number of carbonyl (C=O) groups excluding carboxylic acids is 4. The summed E-state index contributed by atoms with van der Waals surface area (Å²) >= 11 is 0. The number of likely N-dealkylation sites (tertiary alicyclic amines) is 1. The molecule has 9 heteroatoms. The predicted octanol–water partition coefficient (Wildman–Crippen LogP) is 1.07. The fourth-order valence-corrected chi connectivity index (χ4v) is 5.43. The topological polar surface area (TPSA) is 108 Å². The van der Waals surface area contributed by atoms with Crippen LogP contribution in [0.2, 0.25) is 0 Å². The molecule has 0 saturated carbocycles. The highest BCUT2D eigenvalue weighted by Gasteiger charge is 2.44. The summed E-state index contributed by atoms with van der Waals surface area (Å²) in [5, 5.41) is 5.62. The summed E-state index contributed by atoms with van der Waals surface area (Å²) in [6.45, 7) is 5.61. The van der Waals surface area contributed by atoms with Gasteiger partial charge < -0.3 is 10.1 Å². The van der Waals surface area contributed by atoms with Gasteiger partial charge in [0, 0.05) is 32.7 Å². The van der Waals surface area contributed by atoms with E-state index in [1.54, 1.807) is 12.1 Å². The summed E-state index contributed by atoms with van der Waals surface area (Å²) in [6.07, 6.45) is 4.98. The molecule has 4 heterocycles.